The summed E-state index contributed by atoms with van der Waals surface area (Å²) in [4.78, 5) is 9.83. The first-order chi connectivity index (χ1) is 24.1. The van der Waals surface area contributed by atoms with Gasteiger partial charge >= 0.3 is 46.1 Å². The average Bonchev–Trinajstić information content (AvgIpc) is 2.98. The molecule has 3 aromatic carbocycles. The monoisotopic (exact) mass is 756 g/mol. The van der Waals surface area contributed by atoms with Crippen molar-refractivity contribution >= 4 is 80.3 Å². The summed E-state index contributed by atoms with van der Waals surface area (Å²) in [7, 11) is 0. The fourth-order valence-electron chi connectivity index (χ4n) is 5.75. The Morgan fingerprint density at radius 3 is 0.759 bits per heavy atom. The van der Waals surface area contributed by atoms with Gasteiger partial charge in [0.15, 0.2) is 17.1 Å². The Bertz CT molecular complexity index is 1540. The number of rotatable bonds is 7. The minimum absolute atomic E-state index is 0. The molecule has 0 spiro atoms. The second kappa shape index (κ2) is 28.3. The third-order valence-corrected chi connectivity index (χ3v) is 7.61. The van der Waals surface area contributed by atoms with Crippen LogP contribution in [0.3, 0.4) is 0 Å². The number of unbranched alkanes of at least 4 members (excludes halogenated alkanes) is 1. The summed E-state index contributed by atoms with van der Waals surface area (Å²) < 4.78 is 0. The molecule has 0 bridgehead atoms. The van der Waals surface area contributed by atoms with Crippen molar-refractivity contribution in [2.75, 3.05) is 0 Å². The number of benzene rings is 3. The zero-order valence-electron chi connectivity index (χ0n) is 36.5. The van der Waals surface area contributed by atoms with E-state index < -0.39 is 0 Å². The number of hydrogen-bond donors (Lipinski definition) is 3. The van der Waals surface area contributed by atoms with E-state index in [4.69, 9.17) is 0 Å². The van der Waals surface area contributed by atoms with Gasteiger partial charge in [-0.3, -0.25) is 0 Å². The molecule has 0 saturated carbocycles. The number of aryl methyl sites for hydroxylation is 9. The van der Waals surface area contributed by atoms with E-state index in [1.807, 2.05) is 20.8 Å². The fourth-order valence-corrected chi connectivity index (χ4v) is 5.75. The third kappa shape index (κ3) is 22.9. The van der Waals surface area contributed by atoms with E-state index in [1.165, 1.54) is 56.5 Å². The first-order valence-electron chi connectivity index (χ1n) is 18.0. The Hall–Kier alpha value is -3.18. The molecule has 8 heteroatoms. The third-order valence-electron chi connectivity index (χ3n) is 7.61. The Kier molecular flexibility index (Phi) is 28.9. The molecule has 0 aromatic heterocycles. The summed E-state index contributed by atoms with van der Waals surface area (Å²) in [6.07, 6.45) is 7.11. The molecule has 3 aromatic rings. The molecular weight excluding hydrogens is 691 g/mol. The summed E-state index contributed by atoms with van der Waals surface area (Å²) in [5.41, 5.74) is 16.9. The van der Waals surface area contributed by atoms with Gasteiger partial charge in [0, 0.05) is 54.2 Å². The number of hydrogen-bond acceptors (Lipinski definition) is 3. The van der Waals surface area contributed by atoms with Gasteiger partial charge < -0.3 is 22.2 Å². The largest absolute Gasteiger partial charge is 2.00 e. The standard InChI is InChI=1S/3C14H19NO.C4H9.2Mg/c3*1-9-6-10(2)14(11(3)7-9)15-12(4)8-13(5)16;1-3-4-2;;/h3*6-8,16H,1-5H3;1,3-4H2,2H3;;/q;;;-1;2*+2/b3*13-8-,15-12?;;;. The second-order valence-corrected chi connectivity index (χ2v) is 13.9. The molecule has 0 heterocycles. The molecule has 0 atom stereocenters. The van der Waals surface area contributed by atoms with Crippen molar-refractivity contribution in [1.82, 2.24) is 0 Å². The minimum atomic E-state index is 0. The predicted molar refractivity (Wildman–Crippen MR) is 229 cm³/mol. The van der Waals surface area contributed by atoms with Crippen LogP contribution in [0.2, 0.25) is 0 Å². The van der Waals surface area contributed by atoms with Crippen LogP contribution in [-0.4, -0.2) is 63.2 Å². The van der Waals surface area contributed by atoms with Crippen LogP contribution >= 0.6 is 0 Å². The molecule has 0 amide bonds. The first kappa shape index (κ1) is 55.2. The molecule has 54 heavy (non-hydrogen) atoms. The van der Waals surface area contributed by atoms with Crippen LogP contribution in [0.5, 0.6) is 0 Å². The van der Waals surface area contributed by atoms with Gasteiger partial charge in [-0.2, -0.15) is 6.42 Å². The molecule has 3 rings (SSSR count). The van der Waals surface area contributed by atoms with E-state index in [0.29, 0.717) is 0 Å². The smallest absolute Gasteiger partial charge is 0.875 e. The Labute approximate surface area is 360 Å². The molecular formula is C46H66Mg2N3O3+3. The van der Waals surface area contributed by atoms with Gasteiger partial charge in [-0.15, -0.1) is 17.3 Å². The van der Waals surface area contributed by atoms with E-state index in [9.17, 15) is 15.3 Å². The van der Waals surface area contributed by atoms with Gasteiger partial charge in [0.05, 0.1) is 0 Å². The topological polar surface area (TPSA) is 111 Å². The van der Waals surface area contributed by atoms with Crippen molar-refractivity contribution in [1.29, 1.82) is 0 Å². The van der Waals surface area contributed by atoms with Crippen LogP contribution in [-0.2, 0) is 0 Å². The van der Waals surface area contributed by atoms with Gasteiger partial charge in [0.1, 0.15) is 0 Å². The molecule has 0 aliphatic heterocycles. The van der Waals surface area contributed by atoms with Gasteiger partial charge in [-0.25, -0.2) is 15.0 Å². The van der Waals surface area contributed by atoms with Crippen LogP contribution in [0.4, 0.5) is 17.1 Å². The maximum Gasteiger partial charge on any atom is 2.00 e. The Morgan fingerprint density at radius 1 is 0.463 bits per heavy atom. The second-order valence-electron chi connectivity index (χ2n) is 13.9. The molecule has 0 saturated heterocycles. The molecule has 0 fully saturated rings. The first-order valence-corrected chi connectivity index (χ1v) is 18.0. The molecule has 0 aliphatic carbocycles. The maximum absolute atomic E-state index is 11.0. The minimum Gasteiger partial charge on any atom is -0.875 e. The molecule has 0 aliphatic rings. The van der Waals surface area contributed by atoms with E-state index in [1.54, 1.807) is 39.0 Å². The molecule has 0 unspecified atom stereocenters. The molecule has 284 valence electrons. The van der Waals surface area contributed by atoms with Crippen molar-refractivity contribution in [3.63, 3.8) is 0 Å². The van der Waals surface area contributed by atoms with Crippen LogP contribution in [0.25, 0.3) is 0 Å². The predicted octanol–water partition coefficient (Wildman–Crippen LogP) is 4.01. The fraction of sp³-hybridized carbons (Fsp3) is 0.391. The van der Waals surface area contributed by atoms with Gasteiger partial charge in [0.25, 0.3) is 0 Å². The number of nitrogens with one attached hydrogen (secondary N) is 3. The van der Waals surface area contributed by atoms with Gasteiger partial charge in [0.2, 0.25) is 17.1 Å². The van der Waals surface area contributed by atoms with Crippen molar-refractivity contribution in [3.05, 3.63) is 129 Å². The van der Waals surface area contributed by atoms with Crippen LogP contribution in [0.15, 0.2) is 71.9 Å². The summed E-state index contributed by atoms with van der Waals surface area (Å²) in [6, 6.07) is 12.8. The van der Waals surface area contributed by atoms with Crippen LogP contribution in [0.1, 0.15) is 111 Å². The zero-order chi connectivity index (χ0) is 40.3. The number of allylic oxidation sites excluding steroid dienone is 6. The summed E-state index contributed by atoms with van der Waals surface area (Å²) in [5, 5.41) is 32.9. The van der Waals surface area contributed by atoms with E-state index in [-0.39, 0.29) is 63.4 Å². The van der Waals surface area contributed by atoms with E-state index in [0.717, 1.165) is 40.6 Å². The SMILES string of the molecule is CC(/C=C(/C)[O-])=[NH+]c1c(C)cc(C)cc1C.CC(/C=C(/C)[O-])=[NH+]c1c(C)cc(C)cc1C.CC(/C=C(/C)[O-])=[NH+]c1c(C)cc(C)cc1C.[CH2-]CCC.[Mg+2].[Mg+2]. The van der Waals surface area contributed by atoms with Crippen molar-refractivity contribution in [3.8, 4) is 0 Å². The average molecular weight is 758 g/mol. The van der Waals surface area contributed by atoms with Crippen molar-refractivity contribution in [2.24, 2.45) is 0 Å². The van der Waals surface area contributed by atoms with Crippen LogP contribution in [0, 0.1) is 69.2 Å². The van der Waals surface area contributed by atoms with Crippen molar-refractivity contribution in [2.45, 2.75) is 124 Å². The van der Waals surface area contributed by atoms with E-state index in [2.05, 4.69) is 128 Å². The molecule has 0 radical (unpaired) electrons. The quantitative estimate of drug-likeness (QED) is 0.147. The summed E-state index contributed by atoms with van der Waals surface area (Å²) in [5.74, 6) is 0.187. The van der Waals surface area contributed by atoms with Crippen LogP contribution < -0.4 is 30.3 Å². The Balaban J connectivity index is -0.000000675. The van der Waals surface area contributed by atoms with Crippen molar-refractivity contribution < 1.29 is 30.3 Å². The van der Waals surface area contributed by atoms with Gasteiger partial charge in [-0.05, 0) is 117 Å². The summed E-state index contributed by atoms with van der Waals surface area (Å²) >= 11 is 0. The Morgan fingerprint density at radius 2 is 0.630 bits per heavy atom. The van der Waals surface area contributed by atoms with E-state index >= 15 is 0 Å². The zero-order valence-corrected chi connectivity index (χ0v) is 39.3. The molecule has 3 N–H and O–H groups in total. The van der Waals surface area contributed by atoms with Gasteiger partial charge in [-0.1, -0.05) is 50.8 Å². The summed E-state index contributed by atoms with van der Waals surface area (Å²) in [6.45, 7) is 34.8. The normalized spacial score (nSPS) is 12.2. The maximum atomic E-state index is 11.0. The molecule has 6 nitrogen and oxygen atoms in total.